The van der Waals surface area contributed by atoms with Crippen molar-refractivity contribution in [3.05, 3.63) is 108 Å². The number of quaternary nitrogens is 1. The standard InChI is InChI=1S/C12H13ClN4O.2C10H11ClN4.2CH4.ClH/c1-3-16(9(2)18)11-8-17(15-12(11)13)10-5-4-6-14-7-10;2*1-2-13-9-7-15(14-10(9)11)8-4-3-5-12-6-8;;;/h4-8H,3H2,1-2H3;2*3-7,13H,2H2,1H3;2*1H4;1H/p+2. The molecule has 6 heterocycles. The second kappa shape index (κ2) is 22.3. The second-order valence-electron chi connectivity index (χ2n) is 9.95. The third-order valence-electron chi connectivity index (χ3n) is 6.58. The number of rotatable bonds is 9. The van der Waals surface area contributed by atoms with Crippen LogP contribution in [0.4, 0.5) is 17.1 Å². The lowest BCUT2D eigenvalue weighted by molar-refractivity contribution is -0.660. The van der Waals surface area contributed by atoms with Crippen LogP contribution in [0.25, 0.3) is 17.1 Å². The third kappa shape index (κ3) is 12.3. The van der Waals surface area contributed by atoms with E-state index in [0.717, 1.165) is 41.5 Å². The Labute approximate surface area is 320 Å². The summed E-state index contributed by atoms with van der Waals surface area (Å²) < 4.78 is 5.17. The fraction of sp³-hybridized carbons (Fsp3) is 0.265. The minimum absolute atomic E-state index is 0. The van der Waals surface area contributed by atoms with E-state index in [2.05, 4.69) is 47.8 Å². The fourth-order valence-corrected chi connectivity index (χ4v) is 5.03. The Kier molecular flexibility index (Phi) is 19.5. The Morgan fingerprint density at radius 1 is 0.882 bits per heavy atom. The van der Waals surface area contributed by atoms with Gasteiger partial charge < -0.3 is 15.5 Å². The first-order chi connectivity index (χ1) is 23.2. The van der Waals surface area contributed by atoms with E-state index < -0.39 is 0 Å². The maximum absolute atomic E-state index is 11.5. The van der Waals surface area contributed by atoms with Crippen LogP contribution < -0.4 is 20.2 Å². The molecule has 51 heavy (non-hydrogen) atoms. The Hall–Kier alpha value is -4.53. The number of nitrogens with zero attached hydrogens (tertiary/aromatic N) is 9. The largest absolute Gasteiger partial charge is 0.382 e. The zero-order chi connectivity index (χ0) is 34.5. The number of aromatic amines is 1. The predicted molar refractivity (Wildman–Crippen MR) is 209 cm³/mol. The van der Waals surface area contributed by atoms with Gasteiger partial charge in [-0.3, -0.25) is 19.7 Å². The Bertz CT molecular complexity index is 1780. The van der Waals surface area contributed by atoms with Crippen molar-refractivity contribution < 1.29 is 14.8 Å². The molecule has 1 amide bonds. The smallest absolute Gasteiger partial charge is 0.264 e. The van der Waals surface area contributed by atoms with E-state index in [9.17, 15) is 4.79 Å². The number of amides is 1. The summed E-state index contributed by atoms with van der Waals surface area (Å²) in [7, 11) is 0. The molecule has 0 saturated carbocycles. The summed E-state index contributed by atoms with van der Waals surface area (Å²) in [5, 5.41) is 18.0. The normalized spacial score (nSPS) is 9.78. The molecule has 0 radical (unpaired) electrons. The number of pyridine rings is 3. The predicted octanol–water partition coefficient (Wildman–Crippen LogP) is 6.89. The van der Waals surface area contributed by atoms with Crippen LogP contribution in [0.5, 0.6) is 0 Å². The number of anilines is 2. The number of hydrogen-bond acceptors (Lipinski definition) is 7. The third-order valence-corrected chi connectivity index (χ3v) is 7.44. The highest BCUT2D eigenvalue weighted by molar-refractivity contribution is 6.32. The minimum Gasteiger partial charge on any atom is -0.382 e. The minimum atomic E-state index is -0.0647. The van der Waals surface area contributed by atoms with Gasteiger partial charge in [0.15, 0.2) is 10.3 Å². The van der Waals surface area contributed by atoms with Crippen molar-refractivity contribution in [2.75, 3.05) is 29.9 Å². The Morgan fingerprint density at radius 2 is 1.45 bits per heavy atom. The number of nitrogens with one attached hydrogen (secondary N) is 2. The highest BCUT2D eigenvalue weighted by atomic mass is 35.5. The molecule has 0 aromatic carbocycles. The van der Waals surface area contributed by atoms with Crippen molar-refractivity contribution in [1.82, 2.24) is 39.6 Å². The molecular weight excluding hydrogens is 734 g/mol. The molecule has 0 saturated heterocycles. The van der Waals surface area contributed by atoms with Crippen molar-refractivity contribution in [3.63, 3.8) is 0 Å². The number of halogens is 4. The summed E-state index contributed by atoms with van der Waals surface area (Å²) in [6, 6.07) is 11.3. The number of H-pyrrole nitrogens is 1. The van der Waals surface area contributed by atoms with Crippen LogP contribution >= 0.6 is 47.2 Å². The van der Waals surface area contributed by atoms with Gasteiger partial charge >= 0.3 is 0 Å². The molecule has 0 aliphatic rings. The summed E-state index contributed by atoms with van der Waals surface area (Å²) in [6.45, 7) is 9.81. The van der Waals surface area contributed by atoms with Gasteiger partial charge in [0.05, 0.1) is 48.4 Å². The maximum atomic E-state index is 11.5. The zero-order valence-electron chi connectivity index (χ0n) is 27.3. The molecule has 274 valence electrons. The van der Waals surface area contributed by atoms with Crippen LogP contribution in [0.1, 0.15) is 42.5 Å². The molecular formula is C34H46Cl4N12O+2. The second-order valence-corrected chi connectivity index (χ2v) is 11.0. The number of aromatic nitrogens is 9. The van der Waals surface area contributed by atoms with Gasteiger partial charge in [0.25, 0.3) is 11.9 Å². The summed E-state index contributed by atoms with van der Waals surface area (Å²) in [4.78, 5) is 25.2. The van der Waals surface area contributed by atoms with E-state index in [1.54, 1.807) is 57.6 Å². The molecule has 0 aliphatic heterocycles. The van der Waals surface area contributed by atoms with Gasteiger partial charge in [-0.2, -0.15) is 10.2 Å². The summed E-state index contributed by atoms with van der Waals surface area (Å²) in [5.74, 6) is -0.0647. The lowest BCUT2D eigenvalue weighted by Crippen LogP contribution is -2.77. The molecule has 6 rings (SSSR count). The van der Waals surface area contributed by atoms with Gasteiger partial charge in [0.1, 0.15) is 11.9 Å². The lowest BCUT2D eigenvalue weighted by atomic mass is 10.4. The summed E-state index contributed by atoms with van der Waals surface area (Å²) in [6.07, 6.45) is 15.9. The van der Waals surface area contributed by atoms with Crippen LogP contribution in [0.2, 0.25) is 15.5 Å². The first kappa shape index (κ1) is 44.5. The maximum Gasteiger partial charge on any atom is 0.264 e. The molecule has 0 unspecified atom stereocenters. The lowest BCUT2D eigenvalue weighted by Gasteiger charge is -2.16. The fourth-order valence-electron chi connectivity index (χ4n) is 4.39. The molecule has 0 atom stereocenters. The van der Waals surface area contributed by atoms with Crippen LogP contribution in [0, 0.1) is 0 Å². The quantitative estimate of drug-likeness (QED) is 0.136. The van der Waals surface area contributed by atoms with Crippen LogP contribution in [-0.2, 0) is 4.79 Å². The van der Waals surface area contributed by atoms with Crippen molar-refractivity contribution in [2.24, 2.45) is 0 Å². The van der Waals surface area contributed by atoms with Gasteiger partial charge in [0, 0.05) is 44.7 Å². The Morgan fingerprint density at radius 3 is 1.94 bits per heavy atom. The van der Waals surface area contributed by atoms with Crippen LogP contribution in [-0.4, -0.2) is 65.2 Å². The number of carbonyl (C=O) groups is 1. The topological polar surface area (TPSA) is 143 Å². The number of hydrogen-bond donors (Lipinski definition) is 3. The van der Waals surface area contributed by atoms with E-state index in [1.165, 1.54) is 6.92 Å². The van der Waals surface area contributed by atoms with E-state index >= 15 is 0 Å². The Balaban J connectivity index is 0.000000373. The summed E-state index contributed by atoms with van der Waals surface area (Å²) >= 11 is 18.1. The molecule has 6 aromatic rings. The molecule has 17 heteroatoms. The van der Waals surface area contributed by atoms with E-state index in [-0.39, 0.29) is 33.2 Å². The van der Waals surface area contributed by atoms with E-state index in [1.807, 2.05) is 67.3 Å². The zero-order valence-corrected chi connectivity index (χ0v) is 30.4. The van der Waals surface area contributed by atoms with Gasteiger partial charge in [-0.1, -0.05) is 54.3 Å². The highest BCUT2D eigenvalue weighted by Crippen LogP contribution is 2.26. The number of carbonyl (C=O) groups excluding carboxylic acids is 1. The molecule has 6 aromatic heterocycles. The van der Waals surface area contributed by atoms with E-state index in [4.69, 9.17) is 34.8 Å². The molecule has 0 aliphatic carbocycles. The molecule has 0 fully saturated rings. The van der Waals surface area contributed by atoms with Gasteiger partial charge in [0.2, 0.25) is 16.7 Å². The monoisotopic (exact) mass is 778 g/mol. The average Bonchev–Trinajstić information content (AvgIpc) is 3.80. The van der Waals surface area contributed by atoms with Crippen LogP contribution in [0.3, 0.4) is 0 Å². The average molecular weight is 781 g/mol. The molecule has 0 bridgehead atoms. The van der Waals surface area contributed by atoms with Crippen molar-refractivity contribution >= 4 is 70.2 Å². The van der Waals surface area contributed by atoms with Gasteiger partial charge in [-0.25, -0.2) is 9.36 Å². The first-order valence-corrected chi connectivity index (χ1v) is 16.3. The van der Waals surface area contributed by atoms with Crippen molar-refractivity contribution in [1.29, 1.82) is 0 Å². The van der Waals surface area contributed by atoms with Crippen LogP contribution in [0.15, 0.2) is 92.2 Å². The van der Waals surface area contributed by atoms with Gasteiger partial charge in [-0.15, -0.1) is 17.5 Å². The first-order valence-electron chi connectivity index (χ1n) is 15.1. The number of nitrogens with two attached hydrogens (primary N) is 1. The molecule has 4 N–H and O–H groups in total. The van der Waals surface area contributed by atoms with Gasteiger partial charge in [-0.05, 0) is 51.1 Å². The molecule has 0 spiro atoms. The SMILES string of the molecule is C.C.CCN(C(C)=O)c1cn(-c2cccnc2)nc1Cl.CCNc1cn(-c2cccnc2)nc1Cl.CC[NH2+]c1c[n+](-c2cccnc2)[nH]c1Cl.Cl. The highest BCUT2D eigenvalue weighted by Gasteiger charge is 2.18. The molecule has 13 nitrogen and oxygen atoms in total. The van der Waals surface area contributed by atoms with E-state index in [0.29, 0.717) is 27.7 Å². The van der Waals surface area contributed by atoms with Crippen molar-refractivity contribution in [2.45, 2.75) is 42.5 Å². The van der Waals surface area contributed by atoms with Crippen molar-refractivity contribution in [3.8, 4) is 17.1 Å². The summed E-state index contributed by atoms with van der Waals surface area (Å²) in [5.41, 5.74) is 5.12.